The van der Waals surface area contributed by atoms with Crippen molar-refractivity contribution in [1.82, 2.24) is 0 Å². The highest BCUT2D eigenvalue weighted by molar-refractivity contribution is 5.02. The number of hydrogen-bond acceptors (Lipinski definition) is 0. The zero-order valence-corrected chi connectivity index (χ0v) is 8.77. The molecule has 0 nitrogen and oxygen atoms in total. The Morgan fingerprint density at radius 2 is 2.08 bits per heavy atom. The summed E-state index contributed by atoms with van der Waals surface area (Å²) >= 11 is 0. The van der Waals surface area contributed by atoms with Gasteiger partial charge in [-0.3, -0.25) is 0 Å². The first-order valence-corrected chi connectivity index (χ1v) is 5.68. The van der Waals surface area contributed by atoms with Crippen molar-refractivity contribution in [3.8, 4) is 0 Å². The second-order valence-corrected chi connectivity index (χ2v) is 5.31. The summed E-state index contributed by atoms with van der Waals surface area (Å²) < 4.78 is 0. The molecule has 4 unspecified atom stereocenters. The molecule has 0 aromatic carbocycles. The van der Waals surface area contributed by atoms with E-state index in [4.69, 9.17) is 0 Å². The number of fused-ring (bicyclic) bond motifs is 1. The summed E-state index contributed by atoms with van der Waals surface area (Å²) in [7, 11) is 0. The first-order chi connectivity index (χ1) is 5.68. The van der Waals surface area contributed by atoms with Crippen LogP contribution >= 0.6 is 0 Å². The van der Waals surface area contributed by atoms with E-state index in [1.54, 1.807) is 0 Å². The summed E-state index contributed by atoms with van der Waals surface area (Å²) in [6.07, 6.45) is 7.49. The van der Waals surface area contributed by atoms with Gasteiger partial charge in [0.05, 0.1) is 0 Å². The summed E-state index contributed by atoms with van der Waals surface area (Å²) in [6.45, 7) is 7.35. The van der Waals surface area contributed by atoms with Crippen molar-refractivity contribution < 1.29 is 0 Å². The zero-order chi connectivity index (χ0) is 8.77. The third-order valence-electron chi connectivity index (χ3n) is 4.97. The molecule has 4 atom stereocenters. The Bertz CT molecular complexity index is 173. The lowest BCUT2D eigenvalue weighted by Crippen LogP contribution is -2.39. The lowest BCUT2D eigenvalue weighted by molar-refractivity contribution is 0.0164. The van der Waals surface area contributed by atoms with E-state index < -0.39 is 0 Å². The van der Waals surface area contributed by atoms with Gasteiger partial charge in [-0.1, -0.05) is 27.2 Å². The number of rotatable bonds is 2. The molecule has 0 bridgehead atoms. The topological polar surface area (TPSA) is 0 Å². The summed E-state index contributed by atoms with van der Waals surface area (Å²) in [5.74, 6) is 3.14. The SMILES string of the molecule is CCC(C)C1CCC2CCC21C. The largest absolute Gasteiger partial charge is 0.0651 e. The molecule has 0 saturated heterocycles. The van der Waals surface area contributed by atoms with Gasteiger partial charge in [-0.15, -0.1) is 0 Å². The van der Waals surface area contributed by atoms with E-state index in [0.29, 0.717) is 0 Å². The van der Waals surface area contributed by atoms with Crippen molar-refractivity contribution in [1.29, 1.82) is 0 Å². The molecule has 0 aliphatic heterocycles. The second kappa shape index (κ2) is 2.75. The van der Waals surface area contributed by atoms with Crippen LogP contribution in [0.3, 0.4) is 0 Å². The van der Waals surface area contributed by atoms with Gasteiger partial charge in [0, 0.05) is 0 Å². The molecule has 0 heterocycles. The molecule has 0 N–H and O–H groups in total. The Hall–Kier alpha value is 0. The van der Waals surface area contributed by atoms with Crippen LogP contribution < -0.4 is 0 Å². The molecule has 0 radical (unpaired) electrons. The van der Waals surface area contributed by atoms with E-state index in [0.717, 1.165) is 23.2 Å². The average molecular weight is 166 g/mol. The molecule has 2 saturated carbocycles. The highest BCUT2D eigenvalue weighted by atomic mass is 14.6. The molecule has 2 fully saturated rings. The Morgan fingerprint density at radius 1 is 1.33 bits per heavy atom. The van der Waals surface area contributed by atoms with Crippen LogP contribution in [0.25, 0.3) is 0 Å². The minimum Gasteiger partial charge on any atom is -0.0651 e. The van der Waals surface area contributed by atoms with E-state index in [1.807, 2.05) is 0 Å². The minimum atomic E-state index is 0.773. The first kappa shape index (κ1) is 8.59. The van der Waals surface area contributed by atoms with Crippen molar-refractivity contribution in [3.63, 3.8) is 0 Å². The van der Waals surface area contributed by atoms with Crippen molar-refractivity contribution in [3.05, 3.63) is 0 Å². The van der Waals surface area contributed by atoms with Crippen LogP contribution in [0.1, 0.15) is 52.9 Å². The van der Waals surface area contributed by atoms with Crippen LogP contribution in [0, 0.1) is 23.2 Å². The van der Waals surface area contributed by atoms with Crippen molar-refractivity contribution in [2.75, 3.05) is 0 Å². The maximum atomic E-state index is 2.55. The molecule has 0 aromatic rings. The van der Waals surface area contributed by atoms with Crippen LogP contribution in [-0.4, -0.2) is 0 Å². The Balaban J connectivity index is 2.07. The lowest BCUT2D eigenvalue weighted by Gasteiger charge is -2.48. The summed E-state index contributed by atoms with van der Waals surface area (Å²) in [4.78, 5) is 0. The molecular formula is C12H22. The van der Waals surface area contributed by atoms with Crippen molar-refractivity contribution in [2.24, 2.45) is 23.2 Å². The molecule has 2 rings (SSSR count). The third kappa shape index (κ3) is 0.963. The highest BCUT2D eigenvalue weighted by Crippen LogP contribution is 2.62. The van der Waals surface area contributed by atoms with Crippen molar-refractivity contribution >= 4 is 0 Å². The van der Waals surface area contributed by atoms with Crippen LogP contribution in [0.5, 0.6) is 0 Å². The summed E-state index contributed by atoms with van der Waals surface area (Å²) in [5, 5.41) is 0. The summed E-state index contributed by atoms with van der Waals surface area (Å²) in [5.41, 5.74) is 0.773. The smallest absolute Gasteiger partial charge is 0.0267 e. The van der Waals surface area contributed by atoms with Crippen LogP contribution in [0.2, 0.25) is 0 Å². The molecule has 2 aliphatic rings. The minimum absolute atomic E-state index is 0.773. The zero-order valence-electron chi connectivity index (χ0n) is 8.77. The van der Waals surface area contributed by atoms with E-state index in [-0.39, 0.29) is 0 Å². The van der Waals surface area contributed by atoms with Crippen LogP contribution in [0.15, 0.2) is 0 Å². The van der Waals surface area contributed by atoms with E-state index in [9.17, 15) is 0 Å². The Labute approximate surface area is 76.7 Å². The predicted octanol–water partition coefficient (Wildman–Crippen LogP) is 3.86. The Kier molecular flexibility index (Phi) is 1.97. The third-order valence-corrected chi connectivity index (χ3v) is 4.97. The van der Waals surface area contributed by atoms with Gasteiger partial charge in [0.2, 0.25) is 0 Å². The fraction of sp³-hybridized carbons (Fsp3) is 1.00. The van der Waals surface area contributed by atoms with Gasteiger partial charge >= 0.3 is 0 Å². The maximum Gasteiger partial charge on any atom is -0.0267 e. The molecule has 0 amide bonds. The van der Waals surface area contributed by atoms with Gasteiger partial charge in [0.15, 0.2) is 0 Å². The molecule has 0 heteroatoms. The van der Waals surface area contributed by atoms with Gasteiger partial charge in [-0.25, -0.2) is 0 Å². The molecule has 70 valence electrons. The fourth-order valence-electron chi connectivity index (χ4n) is 3.70. The van der Waals surface area contributed by atoms with E-state index >= 15 is 0 Å². The maximum absolute atomic E-state index is 2.55. The quantitative estimate of drug-likeness (QED) is 0.584. The fourth-order valence-corrected chi connectivity index (χ4v) is 3.70. The van der Waals surface area contributed by atoms with Gasteiger partial charge in [-0.2, -0.15) is 0 Å². The molecule has 0 aromatic heterocycles. The van der Waals surface area contributed by atoms with Gasteiger partial charge < -0.3 is 0 Å². The van der Waals surface area contributed by atoms with E-state index in [2.05, 4.69) is 20.8 Å². The van der Waals surface area contributed by atoms with Gasteiger partial charge in [0.25, 0.3) is 0 Å². The Morgan fingerprint density at radius 3 is 2.50 bits per heavy atom. The summed E-state index contributed by atoms with van der Waals surface area (Å²) in [6, 6.07) is 0. The molecule has 12 heavy (non-hydrogen) atoms. The van der Waals surface area contributed by atoms with E-state index in [1.165, 1.54) is 32.1 Å². The molecule has 2 aliphatic carbocycles. The lowest BCUT2D eigenvalue weighted by atomic mass is 9.57. The molecular weight excluding hydrogens is 144 g/mol. The predicted molar refractivity (Wildman–Crippen MR) is 53.0 cm³/mol. The first-order valence-electron chi connectivity index (χ1n) is 5.68. The van der Waals surface area contributed by atoms with Gasteiger partial charge in [-0.05, 0) is 48.9 Å². The monoisotopic (exact) mass is 166 g/mol. The molecule has 0 spiro atoms. The highest BCUT2D eigenvalue weighted by Gasteiger charge is 2.53. The average Bonchev–Trinajstić information content (AvgIpc) is 2.27. The second-order valence-electron chi connectivity index (χ2n) is 5.31. The standard InChI is InChI=1S/C12H22/c1-4-9(2)11-6-5-10-7-8-12(10,11)3/h9-11H,4-8H2,1-3H3. The van der Waals surface area contributed by atoms with Gasteiger partial charge in [0.1, 0.15) is 0 Å². The normalized spacial score (nSPS) is 48.2. The number of hydrogen-bond donors (Lipinski definition) is 0. The van der Waals surface area contributed by atoms with Crippen LogP contribution in [-0.2, 0) is 0 Å². The van der Waals surface area contributed by atoms with Crippen molar-refractivity contribution in [2.45, 2.75) is 52.9 Å². The van der Waals surface area contributed by atoms with Crippen LogP contribution in [0.4, 0.5) is 0 Å².